The van der Waals surface area contributed by atoms with Crippen molar-refractivity contribution >= 4 is 5.91 Å². The Labute approximate surface area is 133 Å². The highest BCUT2D eigenvalue weighted by Gasteiger charge is 2.36. The summed E-state index contributed by atoms with van der Waals surface area (Å²) in [5, 5.41) is 0. The largest absolute Gasteiger partial charge is 0.378 e. The van der Waals surface area contributed by atoms with Crippen LogP contribution >= 0.6 is 0 Å². The first kappa shape index (κ1) is 17.0. The molecule has 1 amide bonds. The van der Waals surface area contributed by atoms with E-state index in [-0.39, 0.29) is 12.0 Å². The van der Waals surface area contributed by atoms with Crippen LogP contribution in [0.2, 0.25) is 0 Å². The van der Waals surface area contributed by atoms with Crippen LogP contribution in [0.15, 0.2) is 30.3 Å². The van der Waals surface area contributed by atoms with Crippen molar-refractivity contribution in [2.45, 2.75) is 45.3 Å². The zero-order chi connectivity index (χ0) is 16.2. The number of amides is 1. The molecule has 1 aliphatic heterocycles. The second kappa shape index (κ2) is 7.25. The van der Waals surface area contributed by atoms with Crippen molar-refractivity contribution in [1.29, 1.82) is 0 Å². The first-order valence-corrected chi connectivity index (χ1v) is 8.16. The molecule has 4 heteroatoms. The quantitative estimate of drug-likeness (QED) is 0.909. The number of ether oxygens (including phenoxy) is 1. The van der Waals surface area contributed by atoms with Gasteiger partial charge >= 0.3 is 0 Å². The van der Waals surface area contributed by atoms with Crippen LogP contribution in [-0.4, -0.2) is 36.6 Å². The molecule has 1 heterocycles. The van der Waals surface area contributed by atoms with Crippen molar-refractivity contribution in [2.75, 3.05) is 19.7 Å². The molecule has 1 fully saturated rings. The Morgan fingerprint density at radius 1 is 1.32 bits per heavy atom. The van der Waals surface area contributed by atoms with Gasteiger partial charge in [0, 0.05) is 19.7 Å². The van der Waals surface area contributed by atoms with E-state index < -0.39 is 5.54 Å². The standard InChI is InChI=1S/C18H28N2O2/c1-14(2)13-22-16-9-11-20(12-10-16)17(21)18(3,19)15-7-5-4-6-8-15/h4-8,14,16H,9-13,19H2,1-3H3. The predicted octanol–water partition coefficient (Wildman–Crippen LogP) is 2.52. The second-order valence-electron chi connectivity index (χ2n) is 6.79. The molecular weight excluding hydrogens is 276 g/mol. The van der Waals surface area contributed by atoms with Gasteiger partial charge in [0.25, 0.3) is 0 Å². The highest BCUT2D eigenvalue weighted by molar-refractivity contribution is 5.87. The summed E-state index contributed by atoms with van der Waals surface area (Å²) in [6, 6.07) is 9.59. The summed E-state index contributed by atoms with van der Waals surface area (Å²) in [6.07, 6.45) is 2.05. The Morgan fingerprint density at radius 2 is 1.91 bits per heavy atom. The van der Waals surface area contributed by atoms with Crippen molar-refractivity contribution in [3.8, 4) is 0 Å². The number of hydrogen-bond donors (Lipinski definition) is 1. The highest BCUT2D eigenvalue weighted by Crippen LogP contribution is 2.23. The van der Waals surface area contributed by atoms with Gasteiger partial charge in [0.05, 0.1) is 6.10 Å². The van der Waals surface area contributed by atoms with Crippen LogP contribution in [-0.2, 0) is 15.1 Å². The van der Waals surface area contributed by atoms with Crippen LogP contribution < -0.4 is 5.73 Å². The summed E-state index contributed by atoms with van der Waals surface area (Å²) in [7, 11) is 0. The van der Waals surface area contributed by atoms with E-state index in [2.05, 4.69) is 13.8 Å². The third-order valence-electron chi connectivity index (χ3n) is 4.21. The van der Waals surface area contributed by atoms with E-state index in [4.69, 9.17) is 10.5 Å². The predicted molar refractivity (Wildman–Crippen MR) is 88.4 cm³/mol. The van der Waals surface area contributed by atoms with E-state index in [1.54, 1.807) is 6.92 Å². The molecule has 0 aliphatic carbocycles. The van der Waals surface area contributed by atoms with Gasteiger partial charge in [0.15, 0.2) is 0 Å². The Balaban J connectivity index is 1.92. The number of nitrogens with two attached hydrogens (primary N) is 1. The number of hydrogen-bond acceptors (Lipinski definition) is 3. The van der Waals surface area contributed by atoms with Gasteiger partial charge in [0.1, 0.15) is 5.54 Å². The molecule has 1 aromatic rings. The SMILES string of the molecule is CC(C)COC1CCN(C(=O)C(C)(N)c2ccccc2)CC1. The number of carbonyl (C=O) groups is 1. The molecule has 4 nitrogen and oxygen atoms in total. The lowest BCUT2D eigenvalue weighted by Crippen LogP contribution is -2.53. The van der Waals surface area contributed by atoms with E-state index in [0.29, 0.717) is 5.92 Å². The van der Waals surface area contributed by atoms with E-state index in [0.717, 1.165) is 38.1 Å². The molecule has 0 saturated carbocycles. The van der Waals surface area contributed by atoms with Gasteiger partial charge < -0.3 is 15.4 Å². The maximum atomic E-state index is 12.8. The molecule has 0 bridgehead atoms. The summed E-state index contributed by atoms with van der Waals surface area (Å²) >= 11 is 0. The summed E-state index contributed by atoms with van der Waals surface area (Å²) in [5.41, 5.74) is 6.22. The van der Waals surface area contributed by atoms with Gasteiger partial charge in [-0.1, -0.05) is 44.2 Å². The highest BCUT2D eigenvalue weighted by atomic mass is 16.5. The van der Waals surface area contributed by atoms with Gasteiger partial charge in [-0.05, 0) is 31.2 Å². The fraction of sp³-hybridized carbons (Fsp3) is 0.611. The third kappa shape index (κ3) is 4.08. The van der Waals surface area contributed by atoms with Gasteiger partial charge in [0.2, 0.25) is 5.91 Å². The third-order valence-corrected chi connectivity index (χ3v) is 4.21. The molecule has 2 N–H and O–H groups in total. The zero-order valence-electron chi connectivity index (χ0n) is 13.9. The van der Waals surface area contributed by atoms with Crippen molar-refractivity contribution in [2.24, 2.45) is 11.7 Å². The van der Waals surface area contributed by atoms with E-state index in [1.807, 2.05) is 35.2 Å². The van der Waals surface area contributed by atoms with Gasteiger partial charge in [-0.3, -0.25) is 4.79 Å². The first-order chi connectivity index (χ1) is 10.4. The molecule has 0 aromatic heterocycles. The molecule has 0 spiro atoms. The van der Waals surface area contributed by atoms with Crippen LogP contribution in [0.5, 0.6) is 0 Å². The average molecular weight is 304 g/mol. The van der Waals surface area contributed by atoms with Gasteiger partial charge in [-0.2, -0.15) is 0 Å². The molecule has 1 aliphatic rings. The molecule has 1 atom stereocenters. The molecule has 1 aromatic carbocycles. The minimum absolute atomic E-state index is 0.000935. The lowest BCUT2D eigenvalue weighted by Gasteiger charge is -2.37. The molecule has 2 rings (SSSR count). The molecular formula is C18H28N2O2. The molecule has 1 unspecified atom stereocenters. The van der Waals surface area contributed by atoms with E-state index in [9.17, 15) is 4.79 Å². The number of carbonyl (C=O) groups excluding carboxylic acids is 1. The number of benzene rings is 1. The fourth-order valence-electron chi connectivity index (χ4n) is 2.79. The topological polar surface area (TPSA) is 55.6 Å². The number of likely N-dealkylation sites (tertiary alicyclic amines) is 1. The van der Waals surface area contributed by atoms with Crippen LogP contribution in [0.1, 0.15) is 39.2 Å². The smallest absolute Gasteiger partial charge is 0.246 e. The van der Waals surface area contributed by atoms with Crippen molar-refractivity contribution in [3.63, 3.8) is 0 Å². The Bertz CT molecular complexity index is 477. The van der Waals surface area contributed by atoms with Crippen LogP contribution in [0.25, 0.3) is 0 Å². The summed E-state index contributed by atoms with van der Waals surface area (Å²) in [4.78, 5) is 14.6. The van der Waals surface area contributed by atoms with Crippen LogP contribution in [0.3, 0.4) is 0 Å². The van der Waals surface area contributed by atoms with E-state index >= 15 is 0 Å². The maximum Gasteiger partial charge on any atom is 0.246 e. The summed E-state index contributed by atoms with van der Waals surface area (Å²) in [5.74, 6) is 0.547. The lowest BCUT2D eigenvalue weighted by atomic mass is 9.90. The van der Waals surface area contributed by atoms with Crippen molar-refractivity contribution < 1.29 is 9.53 Å². The fourth-order valence-corrected chi connectivity index (χ4v) is 2.79. The molecule has 1 saturated heterocycles. The minimum atomic E-state index is -0.965. The summed E-state index contributed by atoms with van der Waals surface area (Å²) < 4.78 is 5.87. The van der Waals surface area contributed by atoms with Crippen molar-refractivity contribution in [3.05, 3.63) is 35.9 Å². The summed E-state index contributed by atoms with van der Waals surface area (Å²) in [6.45, 7) is 8.34. The minimum Gasteiger partial charge on any atom is -0.378 e. The number of piperidine rings is 1. The Kier molecular flexibility index (Phi) is 5.59. The number of nitrogens with zero attached hydrogens (tertiary/aromatic N) is 1. The zero-order valence-corrected chi connectivity index (χ0v) is 13.9. The lowest BCUT2D eigenvalue weighted by molar-refractivity contribution is -0.139. The van der Waals surface area contributed by atoms with Gasteiger partial charge in [-0.25, -0.2) is 0 Å². The maximum absolute atomic E-state index is 12.8. The van der Waals surface area contributed by atoms with Crippen LogP contribution in [0.4, 0.5) is 0 Å². The van der Waals surface area contributed by atoms with Gasteiger partial charge in [-0.15, -0.1) is 0 Å². The molecule has 0 radical (unpaired) electrons. The normalized spacial score (nSPS) is 19.2. The Hall–Kier alpha value is -1.39. The molecule has 22 heavy (non-hydrogen) atoms. The second-order valence-corrected chi connectivity index (χ2v) is 6.79. The average Bonchev–Trinajstić information content (AvgIpc) is 2.53. The number of rotatable bonds is 5. The monoisotopic (exact) mass is 304 g/mol. The van der Waals surface area contributed by atoms with Crippen molar-refractivity contribution in [1.82, 2.24) is 4.90 Å². The Morgan fingerprint density at radius 3 is 2.45 bits per heavy atom. The van der Waals surface area contributed by atoms with E-state index in [1.165, 1.54) is 0 Å². The first-order valence-electron chi connectivity index (χ1n) is 8.16. The molecule has 122 valence electrons. The van der Waals surface area contributed by atoms with Crippen LogP contribution in [0, 0.1) is 5.92 Å².